The summed E-state index contributed by atoms with van der Waals surface area (Å²) in [6, 6.07) is -0.718. The van der Waals surface area contributed by atoms with Gasteiger partial charge in [-0.05, 0) is 38.5 Å². The van der Waals surface area contributed by atoms with Crippen molar-refractivity contribution in [3.8, 4) is 0 Å². The zero-order chi connectivity index (χ0) is 67.8. The van der Waals surface area contributed by atoms with Gasteiger partial charge in [-0.25, -0.2) is 0 Å². The molecule has 0 radical (unpaired) electrons. The lowest BCUT2D eigenvalue weighted by Crippen LogP contribution is -2.60. The second kappa shape index (κ2) is 74.6. The zero-order valence-corrected chi connectivity index (χ0v) is 63.3. The van der Waals surface area contributed by atoms with E-state index in [9.17, 15) is 30.3 Å². The van der Waals surface area contributed by atoms with Gasteiger partial charge in [0.15, 0.2) is 6.29 Å². The molecular weight excluding hydrogens is 1160 g/mol. The van der Waals surface area contributed by atoms with E-state index in [1.807, 2.05) is 0 Å². The van der Waals surface area contributed by atoms with Gasteiger partial charge in [-0.15, -0.1) is 0 Å². The van der Waals surface area contributed by atoms with Crippen LogP contribution >= 0.6 is 0 Å². The molecule has 0 aliphatic carbocycles. The van der Waals surface area contributed by atoms with Crippen molar-refractivity contribution in [2.75, 3.05) is 13.2 Å². The summed E-state index contributed by atoms with van der Waals surface area (Å²) in [5, 5.41) is 55.2. The predicted molar refractivity (Wildman–Crippen MR) is 406 cm³/mol. The van der Waals surface area contributed by atoms with Crippen molar-refractivity contribution in [3.05, 3.63) is 12.2 Å². The first kappa shape index (κ1) is 90.9. The van der Waals surface area contributed by atoms with E-state index in [0.29, 0.717) is 12.8 Å². The summed E-state index contributed by atoms with van der Waals surface area (Å²) in [5.74, 6) is -0.132. The molecule has 0 aromatic carbocycles. The van der Waals surface area contributed by atoms with Crippen LogP contribution in [-0.4, -0.2) is 87.5 Å². The molecule has 0 aromatic rings. The maximum atomic E-state index is 13.2. The zero-order valence-electron chi connectivity index (χ0n) is 63.3. The molecule has 1 saturated heterocycles. The van der Waals surface area contributed by atoms with Gasteiger partial charge in [-0.2, -0.15) is 0 Å². The van der Waals surface area contributed by atoms with Crippen LogP contribution in [-0.2, 0) is 14.3 Å². The molecule has 1 aliphatic heterocycles. The number of ether oxygens (including phenoxy) is 2. The molecule has 9 heteroatoms. The summed E-state index contributed by atoms with van der Waals surface area (Å²) in [5.41, 5.74) is 0. The number of carbonyl (C=O) groups is 1. The fourth-order valence-electron chi connectivity index (χ4n) is 14.5. The third-order valence-electron chi connectivity index (χ3n) is 21.1. The van der Waals surface area contributed by atoms with Gasteiger partial charge in [0.2, 0.25) is 5.91 Å². The third-order valence-corrected chi connectivity index (χ3v) is 21.1. The summed E-state index contributed by atoms with van der Waals surface area (Å²) in [4.78, 5) is 13.2. The third kappa shape index (κ3) is 62.0. The summed E-state index contributed by atoms with van der Waals surface area (Å²) < 4.78 is 11.4. The quantitative estimate of drug-likeness (QED) is 0.0261. The van der Waals surface area contributed by atoms with Crippen LogP contribution in [0.15, 0.2) is 12.2 Å². The number of amides is 1. The van der Waals surface area contributed by atoms with Gasteiger partial charge >= 0.3 is 0 Å². The van der Waals surface area contributed by atoms with Crippen LogP contribution in [0, 0.1) is 0 Å². The van der Waals surface area contributed by atoms with Crippen molar-refractivity contribution >= 4 is 5.91 Å². The molecule has 94 heavy (non-hydrogen) atoms. The lowest BCUT2D eigenvalue weighted by molar-refractivity contribution is -0.302. The second-order valence-corrected chi connectivity index (χ2v) is 30.3. The van der Waals surface area contributed by atoms with E-state index in [4.69, 9.17) is 9.47 Å². The molecule has 560 valence electrons. The van der Waals surface area contributed by atoms with Gasteiger partial charge in [0.05, 0.1) is 25.4 Å². The second-order valence-electron chi connectivity index (χ2n) is 30.3. The van der Waals surface area contributed by atoms with Gasteiger partial charge in [0, 0.05) is 6.42 Å². The van der Waals surface area contributed by atoms with Crippen LogP contribution in [0.2, 0.25) is 0 Å². The fraction of sp³-hybridized carbons (Fsp3) is 0.965. The number of allylic oxidation sites excluding steroid dienone is 2. The molecule has 0 aromatic heterocycles. The van der Waals surface area contributed by atoms with E-state index >= 15 is 0 Å². The Balaban J connectivity index is 2.01. The van der Waals surface area contributed by atoms with E-state index in [1.54, 1.807) is 0 Å². The van der Waals surface area contributed by atoms with Crippen molar-refractivity contribution < 1.29 is 39.8 Å². The first-order chi connectivity index (χ1) is 46.3. The molecule has 1 heterocycles. The molecule has 7 unspecified atom stereocenters. The number of rotatable bonds is 78. The maximum Gasteiger partial charge on any atom is 0.220 e. The highest BCUT2D eigenvalue weighted by Crippen LogP contribution is 2.25. The molecule has 1 fully saturated rings. The molecule has 1 aliphatic rings. The molecule has 0 saturated carbocycles. The number of nitrogens with one attached hydrogen (secondary N) is 1. The molecule has 6 N–H and O–H groups in total. The molecule has 0 spiro atoms. The standard InChI is InChI=1S/C85H167NO8/c1-3-5-7-9-11-13-15-17-19-21-23-25-27-29-31-33-35-37-38-39-40-41-42-43-45-47-49-51-53-55-57-59-61-63-65-67-69-71-73-75-81(89)86-78(77-93-85-84(92)83(91)82(90)80(76-87)94-85)79(88)74-72-70-68-66-64-62-60-58-56-54-52-50-48-46-44-36-34-32-30-28-26-24-22-20-18-16-14-12-10-8-6-4-2/h21,23,78-80,82-85,87-88,90-92H,3-20,22,24-77H2,1-2H3,(H,86,89)/b23-21-. The highest BCUT2D eigenvalue weighted by Gasteiger charge is 2.44. The van der Waals surface area contributed by atoms with Gasteiger partial charge in [-0.3, -0.25) is 4.79 Å². The van der Waals surface area contributed by atoms with Crippen LogP contribution in [0.5, 0.6) is 0 Å². The highest BCUT2D eigenvalue weighted by atomic mass is 16.7. The summed E-state index contributed by atoms with van der Waals surface area (Å²) in [6.45, 7) is 3.92. The van der Waals surface area contributed by atoms with Crippen LogP contribution in [0.1, 0.15) is 470 Å². The van der Waals surface area contributed by atoms with Crippen molar-refractivity contribution in [2.24, 2.45) is 0 Å². The number of carbonyl (C=O) groups excluding carboxylic acids is 1. The van der Waals surface area contributed by atoms with Crippen molar-refractivity contribution in [1.29, 1.82) is 0 Å². The Morgan fingerprint density at radius 2 is 0.596 bits per heavy atom. The smallest absolute Gasteiger partial charge is 0.220 e. The van der Waals surface area contributed by atoms with Gasteiger partial charge in [0.25, 0.3) is 0 Å². The summed E-state index contributed by atoms with van der Waals surface area (Å²) in [7, 11) is 0. The minimum atomic E-state index is -1.55. The van der Waals surface area contributed by atoms with Crippen molar-refractivity contribution in [1.82, 2.24) is 5.32 Å². The first-order valence-electron chi connectivity index (χ1n) is 42.9. The molecule has 1 amide bonds. The Hall–Kier alpha value is -1.07. The van der Waals surface area contributed by atoms with Crippen molar-refractivity contribution in [3.63, 3.8) is 0 Å². The van der Waals surface area contributed by atoms with Gasteiger partial charge in [0.1, 0.15) is 24.4 Å². The van der Waals surface area contributed by atoms with E-state index in [1.165, 1.54) is 405 Å². The number of hydrogen-bond acceptors (Lipinski definition) is 8. The van der Waals surface area contributed by atoms with E-state index in [2.05, 4.69) is 31.3 Å². The predicted octanol–water partition coefficient (Wildman–Crippen LogP) is 24.9. The maximum absolute atomic E-state index is 13.2. The first-order valence-corrected chi connectivity index (χ1v) is 42.9. The van der Waals surface area contributed by atoms with Gasteiger partial charge < -0.3 is 40.3 Å². The largest absolute Gasteiger partial charge is 0.394 e. The van der Waals surface area contributed by atoms with E-state index in [-0.39, 0.29) is 12.5 Å². The molecule has 7 atom stereocenters. The highest BCUT2D eigenvalue weighted by molar-refractivity contribution is 5.76. The Morgan fingerprint density at radius 3 is 0.862 bits per heavy atom. The van der Waals surface area contributed by atoms with Crippen LogP contribution in [0.3, 0.4) is 0 Å². The monoisotopic (exact) mass is 1330 g/mol. The minimum Gasteiger partial charge on any atom is -0.394 e. The topological polar surface area (TPSA) is 149 Å². The van der Waals surface area contributed by atoms with Crippen molar-refractivity contribution in [2.45, 2.75) is 513 Å². The number of hydrogen-bond donors (Lipinski definition) is 6. The Morgan fingerprint density at radius 1 is 0.351 bits per heavy atom. The van der Waals surface area contributed by atoms with Gasteiger partial charge in [-0.1, -0.05) is 437 Å². The number of aliphatic hydroxyl groups excluding tert-OH is 5. The molecule has 9 nitrogen and oxygen atoms in total. The Bertz CT molecular complexity index is 1500. The molecule has 1 rings (SSSR count). The lowest BCUT2D eigenvalue weighted by Gasteiger charge is -2.40. The number of aliphatic hydroxyl groups is 5. The summed E-state index contributed by atoms with van der Waals surface area (Å²) >= 11 is 0. The Kier molecular flexibility index (Phi) is 72.2. The van der Waals surface area contributed by atoms with E-state index in [0.717, 1.165) is 38.5 Å². The van der Waals surface area contributed by atoms with Crippen LogP contribution < -0.4 is 5.32 Å². The minimum absolute atomic E-state index is 0.131. The molecule has 0 bridgehead atoms. The van der Waals surface area contributed by atoms with Crippen LogP contribution in [0.4, 0.5) is 0 Å². The van der Waals surface area contributed by atoms with E-state index < -0.39 is 49.5 Å². The normalized spacial score (nSPS) is 17.5. The lowest BCUT2D eigenvalue weighted by atomic mass is 9.99. The average molecular weight is 1330 g/mol. The molecular formula is C85H167NO8. The Labute approximate surface area is 586 Å². The fourth-order valence-corrected chi connectivity index (χ4v) is 14.5. The average Bonchev–Trinajstić information content (AvgIpc) is 0.829. The van der Waals surface area contributed by atoms with Crippen LogP contribution in [0.25, 0.3) is 0 Å². The number of unbranched alkanes of at least 4 members (excludes halogenated alkanes) is 66. The SMILES string of the molecule is CCCCCCCCCC/C=C\CCCCCCCCCCCCCCCCCCCCCCCCCCCCCC(=O)NC(COC1OC(CO)C(O)C(O)C1O)C(O)CCCCCCCCCCCCCCCCCCCCCCCCCCCCCCCCCC. The summed E-state index contributed by atoms with van der Waals surface area (Å²) in [6.07, 6.45) is 92.1.